The highest BCUT2D eigenvalue weighted by Gasteiger charge is 2.27. The first-order valence-electron chi connectivity index (χ1n) is 11.2. The number of hydrogen-bond donors (Lipinski definition) is 7. The van der Waals surface area contributed by atoms with Gasteiger partial charge in [-0.1, -0.05) is 19.8 Å². The Bertz CT molecular complexity index is 644. The molecule has 0 fully saturated rings. The molecule has 1 amide bonds. The molecule has 0 radical (unpaired) electrons. The average Bonchev–Trinajstić information content (AvgIpc) is 2.78. The van der Waals surface area contributed by atoms with Crippen molar-refractivity contribution < 1.29 is 54.3 Å². The summed E-state index contributed by atoms with van der Waals surface area (Å²) in [5.41, 5.74) is 5.14. The van der Waals surface area contributed by atoms with Crippen molar-refractivity contribution in [1.82, 2.24) is 15.1 Å². The van der Waals surface area contributed by atoms with Gasteiger partial charge in [-0.05, 0) is 32.4 Å². The van der Waals surface area contributed by atoms with Crippen LogP contribution in [0.4, 0.5) is 0 Å². The number of rotatable bonds is 19. The number of hydrogen-bond acceptors (Lipinski definition) is 10. The van der Waals surface area contributed by atoms with Crippen molar-refractivity contribution in [3.63, 3.8) is 0 Å². The number of carboxylic acids is 4. The predicted molar refractivity (Wildman–Crippen MR) is 127 cm³/mol. The monoisotopic (exact) mass is 524 g/mol. The van der Waals surface area contributed by atoms with Crippen molar-refractivity contribution in [3.8, 4) is 0 Å². The fraction of sp³-hybridized carbons (Fsp3) is 0.714. The third-order valence-electron chi connectivity index (χ3n) is 4.28. The Hall–Kier alpha value is -3.14. The molecule has 0 aromatic carbocycles. The second-order valence-corrected chi connectivity index (χ2v) is 7.25. The quantitative estimate of drug-likeness (QED) is 0.0723. The van der Waals surface area contributed by atoms with E-state index in [1.165, 1.54) is 17.7 Å². The molecule has 15 heteroatoms. The molecule has 210 valence electrons. The minimum atomic E-state index is -1.30. The van der Waals surface area contributed by atoms with E-state index in [0.29, 0.717) is 12.7 Å². The Labute approximate surface area is 209 Å². The van der Waals surface area contributed by atoms with Crippen molar-refractivity contribution in [3.05, 3.63) is 0 Å². The van der Waals surface area contributed by atoms with Gasteiger partial charge in [0, 0.05) is 7.11 Å². The van der Waals surface area contributed by atoms with Crippen LogP contribution in [0.2, 0.25) is 0 Å². The van der Waals surface area contributed by atoms with E-state index in [2.05, 4.69) is 12.2 Å². The van der Waals surface area contributed by atoms with Crippen LogP contribution in [0, 0.1) is 0 Å². The zero-order valence-corrected chi connectivity index (χ0v) is 20.8. The normalized spacial score (nSPS) is 10.8. The maximum absolute atomic E-state index is 12.3. The van der Waals surface area contributed by atoms with Gasteiger partial charge in [-0.15, -0.1) is 0 Å². The molecule has 0 saturated heterocycles. The molecule has 0 spiro atoms. The molecule has 0 saturated carbocycles. The number of unbranched alkanes of at least 4 members (excludes halogenated alkanes) is 2. The summed E-state index contributed by atoms with van der Waals surface area (Å²) in [6.07, 6.45) is 3.43. The van der Waals surface area contributed by atoms with E-state index in [9.17, 15) is 28.8 Å². The molecule has 0 heterocycles. The average molecular weight is 525 g/mol. The molecule has 0 aliphatic carbocycles. The molecule has 1 atom stereocenters. The van der Waals surface area contributed by atoms with E-state index in [1.807, 2.05) is 0 Å². The van der Waals surface area contributed by atoms with Gasteiger partial charge < -0.3 is 41.4 Å². The summed E-state index contributed by atoms with van der Waals surface area (Å²) in [5, 5.41) is 44.4. The SMILES string of the molecule is CCCCN.CO.O=CCN(CC(=O)O)C(CCCCN(CC(=O)O)CC(=O)O)C(=O)NCC(=O)O. The lowest BCUT2D eigenvalue weighted by atomic mass is 10.1. The van der Waals surface area contributed by atoms with Crippen LogP contribution in [0.1, 0.15) is 39.0 Å². The largest absolute Gasteiger partial charge is 0.480 e. The minimum Gasteiger partial charge on any atom is -0.480 e. The van der Waals surface area contributed by atoms with Crippen molar-refractivity contribution in [2.75, 3.05) is 52.9 Å². The number of aliphatic hydroxyl groups excluding tert-OH is 1. The molecule has 0 aliphatic rings. The summed E-state index contributed by atoms with van der Waals surface area (Å²) < 4.78 is 0. The van der Waals surface area contributed by atoms with Crippen LogP contribution in [0.25, 0.3) is 0 Å². The predicted octanol–water partition coefficient (Wildman–Crippen LogP) is -1.86. The Kier molecular flexibility index (Phi) is 25.9. The first-order valence-corrected chi connectivity index (χ1v) is 11.2. The minimum absolute atomic E-state index is 0.0561. The van der Waals surface area contributed by atoms with Crippen LogP contribution < -0.4 is 11.1 Å². The van der Waals surface area contributed by atoms with Crippen molar-refractivity contribution >= 4 is 36.1 Å². The van der Waals surface area contributed by atoms with Crippen molar-refractivity contribution in [2.45, 2.75) is 45.1 Å². The molecule has 0 aliphatic heterocycles. The number of nitrogens with zero attached hydrogens (tertiary/aromatic N) is 2. The molecule has 1 unspecified atom stereocenters. The van der Waals surface area contributed by atoms with Crippen LogP contribution in [0.5, 0.6) is 0 Å². The van der Waals surface area contributed by atoms with Crippen molar-refractivity contribution in [1.29, 1.82) is 0 Å². The van der Waals surface area contributed by atoms with Gasteiger partial charge in [0.1, 0.15) is 12.8 Å². The number of aliphatic carboxylic acids is 4. The highest BCUT2D eigenvalue weighted by Crippen LogP contribution is 2.10. The third kappa shape index (κ3) is 24.0. The Morgan fingerprint density at radius 3 is 1.75 bits per heavy atom. The van der Waals surface area contributed by atoms with Crippen LogP contribution in [0.15, 0.2) is 0 Å². The van der Waals surface area contributed by atoms with Gasteiger partial charge in [0.2, 0.25) is 5.91 Å². The van der Waals surface area contributed by atoms with Gasteiger partial charge in [-0.3, -0.25) is 33.8 Å². The summed E-state index contributed by atoms with van der Waals surface area (Å²) in [6, 6.07) is -1.09. The summed E-state index contributed by atoms with van der Waals surface area (Å²) >= 11 is 0. The Balaban J connectivity index is -0.00000137. The fourth-order valence-corrected chi connectivity index (χ4v) is 2.81. The lowest BCUT2D eigenvalue weighted by molar-refractivity contribution is -0.143. The van der Waals surface area contributed by atoms with Gasteiger partial charge >= 0.3 is 23.9 Å². The van der Waals surface area contributed by atoms with E-state index in [1.54, 1.807) is 0 Å². The first kappa shape index (κ1) is 37.4. The lowest BCUT2D eigenvalue weighted by Crippen LogP contribution is -2.50. The number of aldehydes is 1. The van der Waals surface area contributed by atoms with Gasteiger partial charge in [0.25, 0.3) is 0 Å². The summed E-state index contributed by atoms with van der Waals surface area (Å²) in [4.78, 5) is 68.6. The molecule has 8 N–H and O–H groups in total. The summed E-state index contributed by atoms with van der Waals surface area (Å²) in [6.45, 7) is 0.465. The van der Waals surface area contributed by atoms with Crippen LogP contribution in [-0.4, -0.2) is 130 Å². The molecule has 0 rings (SSSR count). The second-order valence-electron chi connectivity index (χ2n) is 7.25. The van der Waals surface area contributed by atoms with E-state index in [-0.39, 0.29) is 25.9 Å². The maximum atomic E-state index is 12.3. The van der Waals surface area contributed by atoms with Gasteiger partial charge in [-0.25, -0.2) is 0 Å². The third-order valence-corrected chi connectivity index (χ3v) is 4.28. The molecule has 0 aromatic rings. The highest BCUT2D eigenvalue weighted by atomic mass is 16.4. The number of carbonyl (C=O) groups is 6. The van der Waals surface area contributed by atoms with E-state index in [4.69, 9.17) is 31.3 Å². The summed E-state index contributed by atoms with van der Waals surface area (Å²) in [7, 11) is 1.00. The molecule has 0 aromatic heterocycles. The van der Waals surface area contributed by atoms with Crippen molar-refractivity contribution in [2.24, 2.45) is 5.73 Å². The highest BCUT2D eigenvalue weighted by molar-refractivity contribution is 5.86. The molecule has 15 nitrogen and oxygen atoms in total. The van der Waals surface area contributed by atoms with E-state index < -0.39 is 62.0 Å². The topological polar surface area (TPSA) is 248 Å². The Morgan fingerprint density at radius 1 is 0.861 bits per heavy atom. The zero-order valence-electron chi connectivity index (χ0n) is 20.8. The molecule has 36 heavy (non-hydrogen) atoms. The Morgan fingerprint density at radius 2 is 1.39 bits per heavy atom. The molecular formula is C21H40N4O11. The maximum Gasteiger partial charge on any atom is 0.322 e. The second kappa shape index (κ2) is 25.0. The van der Waals surface area contributed by atoms with E-state index in [0.717, 1.165) is 18.6 Å². The lowest BCUT2D eigenvalue weighted by Gasteiger charge is -2.28. The van der Waals surface area contributed by atoms with Gasteiger partial charge in [-0.2, -0.15) is 0 Å². The summed E-state index contributed by atoms with van der Waals surface area (Å²) in [5.74, 6) is -5.73. The standard InChI is InChI=1S/C16H25N3O10.C4H11N.CH4O/c20-6-5-19(10-15(27)28)11(16(29)17-7-12(21)22)3-1-2-4-18(8-13(23)24)9-14(25)26;1-2-3-4-5;1-2/h6,11H,1-5,7-10H2,(H,17,29)(H,21,22)(H,23,24)(H,25,26)(H,27,28);2-5H2,1H3;2H,1H3. The van der Waals surface area contributed by atoms with Crippen LogP contribution in [-0.2, 0) is 28.8 Å². The van der Waals surface area contributed by atoms with Gasteiger partial charge in [0.05, 0.1) is 32.2 Å². The number of aliphatic hydroxyl groups is 1. The van der Waals surface area contributed by atoms with Crippen LogP contribution >= 0.6 is 0 Å². The first-order chi connectivity index (χ1) is 17.0. The van der Waals surface area contributed by atoms with Gasteiger partial charge in [0.15, 0.2) is 0 Å². The smallest absolute Gasteiger partial charge is 0.322 e. The molecular weight excluding hydrogens is 484 g/mol. The van der Waals surface area contributed by atoms with E-state index >= 15 is 0 Å². The number of carboxylic acid groups (broad SMARTS) is 4. The fourth-order valence-electron chi connectivity index (χ4n) is 2.81. The number of carbonyl (C=O) groups excluding carboxylic acids is 2. The number of nitrogens with two attached hydrogens (primary N) is 1. The number of amides is 1. The van der Waals surface area contributed by atoms with Crippen LogP contribution in [0.3, 0.4) is 0 Å². The zero-order chi connectivity index (χ0) is 28.5. The molecule has 0 bridgehead atoms. The number of nitrogens with one attached hydrogen (secondary N) is 1.